The summed E-state index contributed by atoms with van der Waals surface area (Å²) in [7, 11) is -1.40. The summed E-state index contributed by atoms with van der Waals surface area (Å²) in [6.07, 6.45) is 1.05. The number of alkyl halides is 1. The Hall–Kier alpha value is 0.0669. The number of hydrogen-bond donors (Lipinski definition) is 1. The predicted octanol–water partition coefficient (Wildman–Crippen LogP) is 3.72. The molecule has 3 atom stereocenters. The van der Waals surface area contributed by atoms with Crippen LogP contribution in [0.4, 0.5) is 0 Å². The smallest absolute Gasteiger partial charge is 0.0834 e. The molecule has 5 heteroatoms. The van der Waals surface area contributed by atoms with Crippen molar-refractivity contribution >= 4 is 19.7 Å². The minimum atomic E-state index is -1.40. The standard InChI is InChI=1S/C12H26ClNO2Si/c1-11(7-14-16)9-17(3,6-4-5-13)10-12(2)8-15/h11-12,15H,4-10H2,1-3H3. The van der Waals surface area contributed by atoms with Gasteiger partial charge in [-0.05, 0) is 18.3 Å². The average molecular weight is 280 g/mol. The molecule has 17 heavy (non-hydrogen) atoms. The van der Waals surface area contributed by atoms with E-state index in [0.717, 1.165) is 18.5 Å². The average Bonchev–Trinajstić information content (AvgIpc) is 2.26. The Balaban J connectivity index is 4.41. The maximum Gasteiger partial charge on any atom is 0.0834 e. The van der Waals surface area contributed by atoms with Gasteiger partial charge in [0.15, 0.2) is 0 Å². The molecule has 0 aliphatic heterocycles. The third kappa shape index (κ3) is 7.90. The van der Waals surface area contributed by atoms with Crippen molar-refractivity contribution in [1.82, 2.24) is 0 Å². The highest BCUT2D eigenvalue weighted by molar-refractivity contribution is 6.78. The molecule has 0 fully saturated rings. The van der Waals surface area contributed by atoms with Gasteiger partial charge >= 0.3 is 0 Å². The first-order valence-corrected chi connectivity index (χ1v) is 10.1. The monoisotopic (exact) mass is 279 g/mol. The Morgan fingerprint density at radius 1 is 1.29 bits per heavy atom. The van der Waals surface area contributed by atoms with Gasteiger partial charge in [-0.15, -0.1) is 11.6 Å². The molecule has 0 amide bonds. The van der Waals surface area contributed by atoms with Crippen LogP contribution in [0.15, 0.2) is 5.18 Å². The van der Waals surface area contributed by atoms with Crippen LogP contribution >= 0.6 is 11.6 Å². The Labute approximate surface area is 111 Å². The van der Waals surface area contributed by atoms with E-state index in [0.29, 0.717) is 24.3 Å². The second-order valence-corrected chi connectivity index (χ2v) is 11.0. The van der Waals surface area contributed by atoms with Crippen LogP contribution in [0.5, 0.6) is 0 Å². The summed E-state index contributed by atoms with van der Waals surface area (Å²) in [4.78, 5) is 10.3. The van der Waals surface area contributed by atoms with Gasteiger partial charge in [0.2, 0.25) is 0 Å². The molecule has 0 spiro atoms. The van der Waals surface area contributed by atoms with E-state index in [2.05, 4.69) is 25.6 Å². The molecule has 0 saturated heterocycles. The molecule has 0 rings (SSSR count). The van der Waals surface area contributed by atoms with Crippen molar-refractivity contribution < 1.29 is 5.11 Å². The second kappa shape index (κ2) is 9.06. The minimum absolute atomic E-state index is 0.254. The van der Waals surface area contributed by atoms with E-state index in [9.17, 15) is 10.0 Å². The van der Waals surface area contributed by atoms with Crippen molar-refractivity contribution in [3.05, 3.63) is 4.91 Å². The van der Waals surface area contributed by atoms with Crippen LogP contribution in [0.2, 0.25) is 24.7 Å². The number of nitroso groups, excluding NO2 is 1. The summed E-state index contributed by atoms with van der Waals surface area (Å²) >= 11 is 5.78. The van der Waals surface area contributed by atoms with Gasteiger partial charge in [-0.1, -0.05) is 43.7 Å². The fraction of sp³-hybridized carbons (Fsp3) is 1.00. The van der Waals surface area contributed by atoms with Gasteiger partial charge in [0.25, 0.3) is 0 Å². The molecule has 3 unspecified atom stereocenters. The summed E-state index contributed by atoms with van der Waals surface area (Å²) in [5.41, 5.74) is 0. The molecule has 0 aromatic heterocycles. The van der Waals surface area contributed by atoms with Gasteiger partial charge in [0.1, 0.15) is 0 Å². The topological polar surface area (TPSA) is 49.7 Å². The first-order valence-electron chi connectivity index (χ1n) is 6.43. The van der Waals surface area contributed by atoms with E-state index in [4.69, 9.17) is 11.6 Å². The number of hydrogen-bond acceptors (Lipinski definition) is 3. The van der Waals surface area contributed by atoms with Crippen LogP contribution in [-0.2, 0) is 0 Å². The van der Waals surface area contributed by atoms with Crippen LogP contribution in [-0.4, -0.2) is 32.2 Å². The van der Waals surface area contributed by atoms with E-state index in [1.165, 1.54) is 6.04 Å². The van der Waals surface area contributed by atoms with Gasteiger partial charge in [-0.3, -0.25) is 0 Å². The van der Waals surface area contributed by atoms with Gasteiger partial charge in [0, 0.05) is 12.5 Å². The SMILES string of the molecule is CC(CO)C[Si](C)(CCCCl)CC(C)CN=O. The van der Waals surface area contributed by atoms with Crippen molar-refractivity contribution in [2.45, 2.75) is 44.9 Å². The summed E-state index contributed by atoms with van der Waals surface area (Å²) in [5.74, 6) is 1.43. The van der Waals surface area contributed by atoms with Crippen LogP contribution in [0.1, 0.15) is 20.3 Å². The summed E-state index contributed by atoms with van der Waals surface area (Å²) in [6.45, 7) is 7.22. The Bertz CT molecular complexity index is 219. The fourth-order valence-corrected chi connectivity index (χ4v) is 8.31. The third-order valence-electron chi connectivity index (χ3n) is 3.29. The van der Waals surface area contributed by atoms with Crippen molar-refractivity contribution in [3.8, 4) is 0 Å². The molecule has 0 aliphatic carbocycles. The molecule has 0 saturated carbocycles. The Kier molecular flexibility index (Phi) is 9.09. The summed E-state index contributed by atoms with van der Waals surface area (Å²) in [5, 5.41) is 12.2. The molecular formula is C12H26ClNO2Si. The maximum atomic E-state index is 10.3. The number of rotatable bonds is 10. The molecular weight excluding hydrogens is 254 g/mol. The van der Waals surface area contributed by atoms with Crippen molar-refractivity contribution in [2.24, 2.45) is 17.0 Å². The van der Waals surface area contributed by atoms with E-state index in [1.54, 1.807) is 0 Å². The van der Waals surface area contributed by atoms with E-state index in [-0.39, 0.29) is 6.61 Å². The van der Waals surface area contributed by atoms with Crippen molar-refractivity contribution in [2.75, 3.05) is 19.0 Å². The molecule has 3 nitrogen and oxygen atoms in total. The molecule has 102 valence electrons. The number of nitrogens with zero attached hydrogens (tertiary/aromatic N) is 1. The lowest BCUT2D eigenvalue weighted by molar-refractivity contribution is 0.246. The van der Waals surface area contributed by atoms with Gasteiger partial charge in [0.05, 0.1) is 14.6 Å². The van der Waals surface area contributed by atoms with Crippen molar-refractivity contribution in [3.63, 3.8) is 0 Å². The van der Waals surface area contributed by atoms with Crippen LogP contribution in [0, 0.1) is 16.7 Å². The van der Waals surface area contributed by atoms with Crippen LogP contribution < -0.4 is 0 Å². The number of aliphatic hydroxyl groups excluding tert-OH is 1. The molecule has 0 aromatic rings. The lowest BCUT2D eigenvalue weighted by Crippen LogP contribution is -2.35. The molecule has 0 radical (unpaired) electrons. The second-order valence-electron chi connectivity index (χ2n) is 5.72. The quantitative estimate of drug-likeness (QED) is 0.376. The van der Waals surface area contributed by atoms with E-state index < -0.39 is 8.07 Å². The summed E-state index contributed by atoms with van der Waals surface area (Å²) in [6, 6.07) is 3.41. The van der Waals surface area contributed by atoms with Gasteiger partial charge in [-0.25, -0.2) is 0 Å². The van der Waals surface area contributed by atoms with Gasteiger partial charge < -0.3 is 5.11 Å². The van der Waals surface area contributed by atoms with Crippen molar-refractivity contribution in [1.29, 1.82) is 0 Å². The molecule has 0 aromatic carbocycles. The fourth-order valence-electron chi connectivity index (χ4n) is 2.72. The molecule has 0 heterocycles. The zero-order chi connectivity index (χ0) is 13.3. The van der Waals surface area contributed by atoms with E-state index in [1.807, 2.05) is 0 Å². The Morgan fingerprint density at radius 3 is 2.35 bits per heavy atom. The van der Waals surface area contributed by atoms with E-state index >= 15 is 0 Å². The highest BCUT2D eigenvalue weighted by Gasteiger charge is 2.30. The first kappa shape index (κ1) is 17.1. The Morgan fingerprint density at radius 2 is 1.88 bits per heavy atom. The third-order valence-corrected chi connectivity index (χ3v) is 8.49. The number of aliphatic hydroxyl groups is 1. The zero-order valence-electron chi connectivity index (χ0n) is 11.3. The maximum absolute atomic E-state index is 10.3. The highest BCUT2D eigenvalue weighted by Crippen LogP contribution is 2.30. The molecule has 1 N–H and O–H groups in total. The van der Waals surface area contributed by atoms with Gasteiger partial charge in [-0.2, -0.15) is 4.91 Å². The minimum Gasteiger partial charge on any atom is -0.396 e. The van der Waals surface area contributed by atoms with Crippen LogP contribution in [0.3, 0.4) is 0 Å². The normalized spacial score (nSPS) is 18.4. The van der Waals surface area contributed by atoms with Crippen LogP contribution in [0.25, 0.3) is 0 Å². The molecule has 0 aliphatic rings. The lowest BCUT2D eigenvalue weighted by Gasteiger charge is -2.32. The molecule has 0 bridgehead atoms. The summed E-state index contributed by atoms with van der Waals surface area (Å²) < 4.78 is 0. The first-order chi connectivity index (χ1) is 7.97. The zero-order valence-corrected chi connectivity index (χ0v) is 13.0. The highest BCUT2D eigenvalue weighted by atomic mass is 35.5. The predicted molar refractivity (Wildman–Crippen MR) is 77.5 cm³/mol. The largest absolute Gasteiger partial charge is 0.396 e. The number of halogens is 1. The lowest BCUT2D eigenvalue weighted by atomic mass is 10.2.